The Bertz CT molecular complexity index is 535. The van der Waals surface area contributed by atoms with Crippen LogP contribution in [0.15, 0.2) is 23.2 Å². The lowest BCUT2D eigenvalue weighted by molar-refractivity contribution is -0.116. The number of methoxy groups -OCH3 is 1. The first kappa shape index (κ1) is 19.3. The predicted octanol–water partition coefficient (Wildman–Crippen LogP) is 2.18. The van der Waals surface area contributed by atoms with Crippen LogP contribution in [0.1, 0.15) is 18.9 Å². The van der Waals surface area contributed by atoms with Crippen LogP contribution in [0.3, 0.4) is 0 Å². The number of hydrogen-bond acceptors (Lipinski definition) is 3. The van der Waals surface area contributed by atoms with E-state index < -0.39 is 0 Å². The van der Waals surface area contributed by atoms with Crippen molar-refractivity contribution in [2.45, 2.75) is 20.3 Å². The van der Waals surface area contributed by atoms with E-state index in [4.69, 9.17) is 16.3 Å². The van der Waals surface area contributed by atoms with E-state index in [2.05, 4.69) is 20.9 Å². The molecule has 7 heteroatoms. The monoisotopic (exact) mass is 340 g/mol. The van der Waals surface area contributed by atoms with E-state index in [0.717, 1.165) is 12.1 Å². The van der Waals surface area contributed by atoms with Gasteiger partial charge in [0.05, 0.1) is 23.9 Å². The van der Waals surface area contributed by atoms with E-state index in [1.165, 1.54) is 0 Å². The Labute approximate surface area is 142 Å². The van der Waals surface area contributed by atoms with Crippen LogP contribution in [-0.4, -0.2) is 45.2 Å². The molecule has 0 aliphatic rings. The minimum Gasteiger partial charge on any atom is -0.383 e. The van der Waals surface area contributed by atoms with Crippen LogP contribution in [-0.2, 0) is 9.53 Å². The van der Waals surface area contributed by atoms with Gasteiger partial charge in [0.1, 0.15) is 0 Å². The van der Waals surface area contributed by atoms with Crippen molar-refractivity contribution in [3.63, 3.8) is 0 Å². The second-order valence-corrected chi connectivity index (χ2v) is 5.37. The lowest BCUT2D eigenvalue weighted by Gasteiger charge is -2.12. The number of ether oxygens (including phenoxy) is 1. The number of guanidine groups is 1. The van der Waals surface area contributed by atoms with Crippen molar-refractivity contribution in [2.75, 3.05) is 38.7 Å². The number of hydrogen-bond donors (Lipinski definition) is 3. The molecule has 0 aliphatic carbocycles. The molecule has 0 fully saturated rings. The number of rotatable bonds is 8. The number of nitrogens with zero attached hydrogens (tertiary/aromatic N) is 1. The van der Waals surface area contributed by atoms with Crippen molar-refractivity contribution >= 4 is 29.2 Å². The van der Waals surface area contributed by atoms with Crippen molar-refractivity contribution in [3.05, 3.63) is 28.8 Å². The number of benzene rings is 1. The Morgan fingerprint density at radius 3 is 2.78 bits per heavy atom. The summed E-state index contributed by atoms with van der Waals surface area (Å²) in [5, 5.41) is 9.57. The molecule has 0 unspecified atom stereocenters. The molecule has 0 heterocycles. The highest BCUT2D eigenvalue weighted by Gasteiger charge is 2.06. The quantitative estimate of drug-likeness (QED) is 0.385. The number of carbonyl (C=O) groups is 1. The van der Waals surface area contributed by atoms with Crippen LogP contribution >= 0.6 is 11.6 Å². The number of halogens is 1. The van der Waals surface area contributed by atoms with Crippen molar-refractivity contribution < 1.29 is 9.53 Å². The average Bonchev–Trinajstić information content (AvgIpc) is 2.50. The van der Waals surface area contributed by atoms with Gasteiger partial charge < -0.3 is 20.7 Å². The molecule has 0 saturated carbocycles. The molecular weight excluding hydrogens is 316 g/mol. The van der Waals surface area contributed by atoms with Gasteiger partial charge in [-0.3, -0.25) is 9.79 Å². The molecule has 6 nitrogen and oxygen atoms in total. The standard InChI is InChI=1S/C16H25ClN4O2/c1-4-18-16(20-9-10-23-3)19-8-7-15(22)21-14-6-5-12(2)11-13(14)17/h5-6,11H,4,7-10H2,1-3H3,(H,21,22)(H2,18,19,20). The number of amides is 1. The molecular formula is C16H25ClN4O2. The molecule has 1 aromatic rings. The summed E-state index contributed by atoms with van der Waals surface area (Å²) in [5.74, 6) is 0.571. The van der Waals surface area contributed by atoms with Crippen LogP contribution < -0.4 is 16.0 Å². The molecule has 0 spiro atoms. The van der Waals surface area contributed by atoms with Gasteiger partial charge in [-0.25, -0.2) is 0 Å². The van der Waals surface area contributed by atoms with Crippen molar-refractivity contribution in [1.29, 1.82) is 0 Å². The summed E-state index contributed by atoms with van der Waals surface area (Å²) in [7, 11) is 1.64. The predicted molar refractivity (Wildman–Crippen MR) is 95.3 cm³/mol. The number of aryl methyl sites for hydroxylation is 1. The van der Waals surface area contributed by atoms with Crippen molar-refractivity contribution in [2.24, 2.45) is 4.99 Å². The third kappa shape index (κ3) is 7.85. The van der Waals surface area contributed by atoms with Crippen molar-refractivity contribution in [1.82, 2.24) is 10.6 Å². The summed E-state index contributed by atoms with van der Waals surface area (Å²) in [4.78, 5) is 16.3. The first-order valence-corrected chi connectivity index (χ1v) is 8.01. The summed E-state index contributed by atoms with van der Waals surface area (Å²) in [6.07, 6.45) is 0.318. The molecule has 128 valence electrons. The fraction of sp³-hybridized carbons (Fsp3) is 0.500. The molecule has 1 rings (SSSR count). The molecule has 3 N–H and O–H groups in total. The largest absolute Gasteiger partial charge is 0.383 e. The van der Waals surface area contributed by atoms with Gasteiger partial charge in [0.15, 0.2) is 5.96 Å². The van der Waals surface area contributed by atoms with Gasteiger partial charge in [0.25, 0.3) is 0 Å². The maximum atomic E-state index is 12.0. The van der Waals surface area contributed by atoms with E-state index in [1.54, 1.807) is 13.2 Å². The highest BCUT2D eigenvalue weighted by Crippen LogP contribution is 2.22. The summed E-state index contributed by atoms with van der Waals surface area (Å²) in [5.41, 5.74) is 1.68. The zero-order valence-corrected chi connectivity index (χ0v) is 14.7. The third-order valence-electron chi connectivity index (χ3n) is 2.95. The second-order valence-electron chi connectivity index (χ2n) is 4.96. The highest BCUT2D eigenvalue weighted by molar-refractivity contribution is 6.33. The Morgan fingerprint density at radius 2 is 2.13 bits per heavy atom. The second kappa shape index (κ2) is 10.9. The smallest absolute Gasteiger partial charge is 0.226 e. The molecule has 0 radical (unpaired) electrons. The Hall–Kier alpha value is -1.79. The molecule has 0 saturated heterocycles. The molecule has 1 aromatic carbocycles. The Kier molecular flexibility index (Phi) is 9.09. The summed E-state index contributed by atoms with van der Waals surface area (Å²) < 4.78 is 4.96. The third-order valence-corrected chi connectivity index (χ3v) is 3.27. The van der Waals surface area contributed by atoms with Crippen molar-refractivity contribution in [3.8, 4) is 0 Å². The van der Waals surface area contributed by atoms with E-state index in [9.17, 15) is 4.79 Å². The number of aliphatic imine (C=N–C) groups is 1. The maximum absolute atomic E-state index is 12.0. The first-order valence-electron chi connectivity index (χ1n) is 7.64. The summed E-state index contributed by atoms with van der Waals surface area (Å²) in [6.45, 7) is 6.30. The Balaban J connectivity index is 2.40. The maximum Gasteiger partial charge on any atom is 0.226 e. The SMILES string of the molecule is CCNC(=NCCOC)NCCC(=O)Nc1ccc(C)cc1Cl. The van der Waals surface area contributed by atoms with E-state index in [0.29, 0.717) is 42.8 Å². The van der Waals surface area contributed by atoms with Gasteiger partial charge in [0, 0.05) is 26.6 Å². The fourth-order valence-corrected chi connectivity index (χ4v) is 2.10. The van der Waals surface area contributed by atoms with Crippen LogP contribution in [0.25, 0.3) is 0 Å². The van der Waals surface area contributed by atoms with Gasteiger partial charge >= 0.3 is 0 Å². The zero-order valence-electron chi connectivity index (χ0n) is 13.9. The van der Waals surface area contributed by atoms with Gasteiger partial charge in [-0.2, -0.15) is 0 Å². The summed E-state index contributed by atoms with van der Waals surface area (Å²) in [6, 6.07) is 5.53. The van der Waals surface area contributed by atoms with Gasteiger partial charge in [-0.15, -0.1) is 0 Å². The van der Waals surface area contributed by atoms with Gasteiger partial charge in [-0.1, -0.05) is 17.7 Å². The topological polar surface area (TPSA) is 74.8 Å². The zero-order chi connectivity index (χ0) is 17.1. The minimum atomic E-state index is -0.101. The van der Waals surface area contributed by atoms with Crippen LogP contribution in [0, 0.1) is 6.92 Å². The lowest BCUT2D eigenvalue weighted by atomic mass is 10.2. The molecule has 0 bridgehead atoms. The van der Waals surface area contributed by atoms with E-state index in [-0.39, 0.29) is 5.91 Å². The molecule has 23 heavy (non-hydrogen) atoms. The number of carbonyl (C=O) groups excluding carboxylic acids is 1. The lowest BCUT2D eigenvalue weighted by Crippen LogP contribution is -2.39. The van der Waals surface area contributed by atoms with Gasteiger partial charge in [0.2, 0.25) is 5.91 Å². The average molecular weight is 341 g/mol. The van der Waals surface area contributed by atoms with E-state index >= 15 is 0 Å². The van der Waals surface area contributed by atoms with E-state index in [1.807, 2.05) is 26.0 Å². The van der Waals surface area contributed by atoms with Crippen LogP contribution in [0.2, 0.25) is 5.02 Å². The normalized spacial score (nSPS) is 11.2. The highest BCUT2D eigenvalue weighted by atomic mass is 35.5. The minimum absolute atomic E-state index is 0.101. The Morgan fingerprint density at radius 1 is 1.35 bits per heavy atom. The molecule has 0 atom stereocenters. The van der Waals surface area contributed by atoms with Crippen LogP contribution in [0.5, 0.6) is 0 Å². The molecule has 1 amide bonds. The molecule has 0 aromatic heterocycles. The molecule has 0 aliphatic heterocycles. The fourth-order valence-electron chi connectivity index (χ4n) is 1.82. The summed E-state index contributed by atoms with van der Waals surface area (Å²) >= 11 is 6.10. The van der Waals surface area contributed by atoms with Gasteiger partial charge in [-0.05, 0) is 31.5 Å². The van der Waals surface area contributed by atoms with Crippen LogP contribution in [0.4, 0.5) is 5.69 Å². The first-order chi connectivity index (χ1) is 11.1. The number of nitrogens with one attached hydrogen (secondary N) is 3. The number of anilines is 1.